The second kappa shape index (κ2) is 7.24. The van der Waals surface area contributed by atoms with Crippen LogP contribution in [-0.2, 0) is 14.3 Å². The van der Waals surface area contributed by atoms with Crippen LogP contribution < -0.4 is 5.73 Å². The van der Waals surface area contributed by atoms with Crippen molar-refractivity contribution >= 4 is 11.9 Å². The van der Waals surface area contributed by atoms with Crippen molar-refractivity contribution in [3.05, 3.63) is 0 Å². The van der Waals surface area contributed by atoms with Gasteiger partial charge in [-0.25, -0.2) is 9.18 Å². The molecule has 1 fully saturated rings. The first-order valence-electron chi connectivity index (χ1n) is 5.07. The van der Waals surface area contributed by atoms with E-state index in [4.69, 9.17) is 20.4 Å². The van der Waals surface area contributed by atoms with Crippen LogP contribution in [0.15, 0.2) is 0 Å². The first-order chi connectivity index (χ1) is 8.59. The molecule has 0 bridgehead atoms. The molecule has 3 N–H and O–H groups in total. The molecule has 1 aliphatic heterocycles. The smallest absolute Gasteiger partial charge is 0.475 e. The standard InChI is InChI=1S/C7H13FN2O2.C2HF3O2/c1-12-4-6(9)7(11)10-2-5(8)3-10;3-2(4,5)1(6)7/h5-6H,2-4,9H2,1H3;(H,6,7)/t6-;/m1./s1. The molecule has 0 unspecified atom stereocenters. The Kier molecular flexibility index (Phi) is 6.70. The summed E-state index contributed by atoms with van der Waals surface area (Å²) in [5.41, 5.74) is 5.44. The molecule has 0 spiro atoms. The summed E-state index contributed by atoms with van der Waals surface area (Å²) in [7, 11) is 1.47. The van der Waals surface area contributed by atoms with Crippen LogP contribution in [0.5, 0.6) is 0 Å². The summed E-state index contributed by atoms with van der Waals surface area (Å²) < 4.78 is 48.8. The van der Waals surface area contributed by atoms with Crippen LogP contribution >= 0.6 is 0 Å². The first-order valence-corrected chi connectivity index (χ1v) is 5.07. The summed E-state index contributed by atoms with van der Waals surface area (Å²) in [6.45, 7) is 0.540. The predicted molar refractivity (Wildman–Crippen MR) is 55.0 cm³/mol. The van der Waals surface area contributed by atoms with Gasteiger partial charge in [0, 0.05) is 7.11 Å². The number of hydrogen-bond donors (Lipinski definition) is 2. The molecular weight excluding hydrogens is 276 g/mol. The number of halogens is 4. The van der Waals surface area contributed by atoms with Gasteiger partial charge in [0.2, 0.25) is 5.91 Å². The summed E-state index contributed by atoms with van der Waals surface area (Å²) in [5.74, 6) is -2.99. The van der Waals surface area contributed by atoms with Crippen molar-refractivity contribution in [3.8, 4) is 0 Å². The molecule has 112 valence electrons. The maximum Gasteiger partial charge on any atom is 0.490 e. The van der Waals surface area contributed by atoms with Crippen LogP contribution in [0.4, 0.5) is 17.6 Å². The largest absolute Gasteiger partial charge is 0.490 e. The third-order valence-corrected chi connectivity index (χ3v) is 2.05. The van der Waals surface area contributed by atoms with E-state index in [1.807, 2.05) is 0 Å². The summed E-state index contributed by atoms with van der Waals surface area (Å²) in [5, 5.41) is 7.12. The second-order valence-corrected chi connectivity index (χ2v) is 3.71. The van der Waals surface area contributed by atoms with E-state index in [0.29, 0.717) is 0 Å². The first kappa shape index (κ1) is 17.6. The average Bonchev–Trinajstić information content (AvgIpc) is 2.23. The molecule has 10 heteroatoms. The number of nitrogens with zero attached hydrogens (tertiary/aromatic N) is 1. The molecule has 0 radical (unpaired) electrons. The lowest BCUT2D eigenvalue weighted by Gasteiger charge is -2.35. The normalized spacial score (nSPS) is 17.1. The molecule has 1 heterocycles. The molecule has 19 heavy (non-hydrogen) atoms. The SMILES string of the molecule is COC[C@@H](N)C(=O)N1CC(F)C1.O=C(O)C(F)(F)F. The minimum absolute atomic E-state index is 0.177. The number of likely N-dealkylation sites (tertiary alicyclic amines) is 1. The Labute approximate surface area is 106 Å². The van der Waals surface area contributed by atoms with Crippen molar-refractivity contribution in [2.75, 3.05) is 26.8 Å². The average molecular weight is 290 g/mol. The van der Waals surface area contributed by atoms with E-state index < -0.39 is 24.4 Å². The molecule has 1 atom stereocenters. The molecule has 1 aliphatic rings. The second-order valence-electron chi connectivity index (χ2n) is 3.71. The molecule has 0 saturated carbocycles. The van der Waals surface area contributed by atoms with Gasteiger partial charge in [0.25, 0.3) is 0 Å². The van der Waals surface area contributed by atoms with Gasteiger partial charge in [0.15, 0.2) is 0 Å². The quantitative estimate of drug-likeness (QED) is 0.701. The fraction of sp³-hybridized carbons (Fsp3) is 0.778. The van der Waals surface area contributed by atoms with Gasteiger partial charge < -0.3 is 20.5 Å². The van der Waals surface area contributed by atoms with Crippen LogP contribution in [0.3, 0.4) is 0 Å². The van der Waals surface area contributed by atoms with E-state index in [2.05, 4.69) is 0 Å². The molecule has 0 aliphatic carbocycles. The topological polar surface area (TPSA) is 92.9 Å². The van der Waals surface area contributed by atoms with E-state index in [9.17, 15) is 22.4 Å². The zero-order chi connectivity index (χ0) is 15.2. The number of carboxylic acids is 1. The van der Waals surface area contributed by atoms with Gasteiger partial charge in [-0.1, -0.05) is 0 Å². The van der Waals surface area contributed by atoms with E-state index in [1.165, 1.54) is 12.0 Å². The number of nitrogens with two attached hydrogens (primary N) is 1. The number of carbonyl (C=O) groups is 2. The summed E-state index contributed by atoms with van der Waals surface area (Å²) in [6, 6.07) is -0.650. The van der Waals surface area contributed by atoms with E-state index >= 15 is 0 Å². The van der Waals surface area contributed by atoms with E-state index in [0.717, 1.165) is 0 Å². The number of rotatable bonds is 3. The van der Waals surface area contributed by atoms with Gasteiger partial charge >= 0.3 is 12.1 Å². The molecule has 1 rings (SSSR count). The number of aliphatic carboxylic acids is 1. The highest BCUT2D eigenvalue weighted by atomic mass is 19.4. The molecule has 1 amide bonds. The van der Waals surface area contributed by atoms with Crippen LogP contribution in [0, 0.1) is 0 Å². The van der Waals surface area contributed by atoms with Crippen LogP contribution in [0.2, 0.25) is 0 Å². The van der Waals surface area contributed by atoms with Crippen LogP contribution in [0.25, 0.3) is 0 Å². The minimum Gasteiger partial charge on any atom is -0.475 e. The number of alkyl halides is 4. The van der Waals surface area contributed by atoms with E-state index in [-0.39, 0.29) is 25.6 Å². The van der Waals surface area contributed by atoms with Crippen molar-refractivity contribution in [2.45, 2.75) is 18.4 Å². The Morgan fingerprint density at radius 3 is 2.16 bits per heavy atom. The predicted octanol–water partition coefficient (Wildman–Crippen LogP) is -0.226. The van der Waals surface area contributed by atoms with Gasteiger partial charge in [-0.2, -0.15) is 13.2 Å². The molecule has 0 aromatic rings. The van der Waals surface area contributed by atoms with Crippen LogP contribution in [-0.4, -0.2) is 67.1 Å². The summed E-state index contributed by atoms with van der Waals surface area (Å²) in [6.07, 6.45) is -5.95. The molecule has 0 aromatic heterocycles. The summed E-state index contributed by atoms with van der Waals surface area (Å²) >= 11 is 0. The fourth-order valence-electron chi connectivity index (χ4n) is 1.09. The van der Waals surface area contributed by atoms with Crippen molar-refractivity contribution in [2.24, 2.45) is 5.73 Å². The van der Waals surface area contributed by atoms with Gasteiger partial charge in [0.05, 0.1) is 19.7 Å². The maximum atomic E-state index is 12.3. The highest BCUT2D eigenvalue weighted by Gasteiger charge is 2.38. The molecule has 0 aromatic carbocycles. The Bertz CT molecular complexity index is 311. The number of methoxy groups -OCH3 is 1. The van der Waals surface area contributed by atoms with Gasteiger partial charge in [0.1, 0.15) is 12.2 Å². The van der Waals surface area contributed by atoms with Gasteiger partial charge in [-0.05, 0) is 0 Å². The Hall–Kier alpha value is -1.42. The van der Waals surface area contributed by atoms with Crippen LogP contribution in [0.1, 0.15) is 0 Å². The lowest BCUT2D eigenvalue weighted by molar-refractivity contribution is -0.192. The van der Waals surface area contributed by atoms with Gasteiger partial charge in [-0.3, -0.25) is 4.79 Å². The van der Waals surface area contributed by atoms with Crippen molar-refractivity contribution in [3.63, 3.8) is 0 Å². The minimum atomic E-state index is -5.08. The lowest BCUT2D eigenvalue weighted by atomic mass is 10.1. The number of amides is 1. The van der Waals surface area contributed by atoms with Crippen molar-refractivity contribution in [1.82, 2.24) is 4.90 Å². The number of carboxylic acid groups (broad SMARTS) is 1. The third-order valence-electron chi connectivity index (χ3n) is 2.05. The van der Waals surface area contributed by atoms with Gasteiger partial charge in [-0.15, -0.1) is 0 Å². The zero-order valence-corrected chi connectivity index (χ0v) is 9.98. The fourth-order valence-corrected chi connectivity index (χ4v) is 1.09. The Morgan fingerprint density at radius 2 is 1.89 bits per heavy atom. The monoisotopic (exact) mass is 290 g/mol. The zero-order valence-electron chi connectivity index (χ0n) is 9.98. The summed E-state index contributed by atoms with van der Waals surface area (Å²) in [4.78, 5) is 21.5. The third kappa shape index (κ3) is 6.34. The lowest BCUT2D eigenvalue weighted by Crippen LogP contribution is -2.57. The van der Waals surface area contributed by atoms with Crippen molar-refractivity contribution < 1.29 is 37.0 Å². The number of hydrogen-bond acceptors (Lipinski definition) is 4. The highest BCUT2D eigenvalue weighted by molar-refractivity contribution is 5.82. The number of ether oxygens (including phenoxy) is 1. The number of carbonyl (C=O) groups excluding carboxylic acids is 1. The maximum absolute atomic E-state index is 12.3. The van der Waals surface area contributed by atoms with Crippen molar-refractivity contribution in [1.29, 1.82) is 0 Å². The molecule has 1 saturated heterocycles. The Balaban J connectivity index is 0.000000399. The molecule has 6 nitrogen and oxygen atoms in total. The highest BCUT2D eigenvalue weighted by Crippen LogP contribution is 2.13. The molecular formula is C9H14F4N2O4. The Morgan fingerprint density at radius 1 is 1.47 bits per heavy atom. The van der Waals surface area contributed by atoms with E-state index in [1.54, 1.807) is 0 Å².